The maximum Gasteiger partial charge on any atom is 0.0117 e. The highest BCUT2D eigenvalue weighted by molar-refractivity contribution is 5.14. The Kier molecular flexibility index (Phi) is 6.55. The number of nitrogens with zero attached hydrogens (tertiary/aromatic N) is 2. The molecule has 1 fully saturated rings. The Hall–Kier alpha value is -0.860. The van der Waals surface area contributed by atoms with Crippen LogP contribution in [0.4, 0.5) is 0 Å². The smallest absolute Gasteiger partial charge is 0.0117 e. The van der Waals surface area contributed by atoms with E-state index < -0.39 is 0 Å². The molecule has 0 radical (unpaired) electrons. The van der Waals surface area contributed by atoms with Crippen molar-refractivity contribution in [3.8, 4) is 0 Å². The van der Waals surface area contributed by atoms with Gasteiger partial charge >= 0.3 is 0 Å². The van der Waals surface area contributed by atoms with Crippen LogP contribution in [0.5, 0.6) is 0 Å². The Morgan fingerprint density at radius 2 is 1.85 bits per heavy atom. The average Bonchev–Trinajstić information content (AvgIpc) is 2.52. The summed E-state index contributed by atoms with van der Waals surface area (Å²) in [5, 5.41) is 0. The fraction of sp³-hybridized carbons (Fsp3) is 0.667. The highest BCUT2D eigenvalue weighted by atomic mass is 15.2. The highest BCUT2D eigenvalue weighted by Crippen LogP contribution is 2.16. The quantitative estimate of drug-likeness (QED) is 0.751. The molecule has 1 aromatic carbocycles. The second-order valence-corrected chi connectivity index (χ2v) is 6.14. The van der Waals surface area contributed by atoms with Crippen molar-refractivity contribution in [2.45, 2.75) is 45.1 Å². The number of piperidine rings is 1. The number of rotatable bonds is 7. The Morgan fingerprint density at radius 1 is 1.15 bits per heavy atom. The van der Waals surface area contributed by atoms with Crippen molar-refractivity contribution in [3.63, 3.8) is 0 Å². The normalized spacial score (nSPS) is 17.8. The Labute approximate surface area is 124 Å². The molecule has 1 saturated heterocycles. The lowest BCUT2D eigenvalue weighted by Gasteiger charge is -2.36. The monoisotopic (exact) mass is 274 g/mol. The van der Waals surface area contributed by atoms with Crippen molar-refractivity contribution in [3.05, 3.63) is 35.9 Å². The number of hydrogen-bond donors (Lipinski definition) is 0. The summed E-state index contributed by atoms with van der Waals surface area (Å²) in [6, 6.07) is 11.7. The summed E-state index contributed by atoms with van der Waals surface area (Å²) in [6.07, 6.45) is 6.52. The van der Waals surface area contributed by atoms with Crippen LogP contribution in [0.3, 0.4) is 0 Å². The molecular formula is C18H30N2. The van der Waals surface area contributed by atoms with Crippen LogP contribution in [0.15, 0.2) is 30.3 Å². The van der Waals surface area contributed by atoms with Gasteiger partial charge in [0.25, 0.3) is 0 Å². The van der Waals surface area contributed by atoms with E-state index in [0.717, 1.165) is 6.04 Å². The SMILES string of the molecule is CCCCN(C)C1CCN(CCc2ccccc2)CC1. The summed E-state index contributed by atoms with van der Waals surface area (Å²) in [6.45, 7) is 7.31. The van der Waals surface area contributed by atoms with Crippen molar-refractivity contribution in [1.29, 1.82) is 0 Å². The molecule has 2 nitrogen and oxygen atoms in total. The zero-order valence-electron chi connectivity index (χ0n) is 13.2. The summed E-state index contributed by atoms with van der Waals surface area (Å²) in [5.41, 5.74) is 1.47. The third-order valence-electron chi connectivity index (χ3n) is 4.60. The fourth-order valence-electron chi connectivity index (χ4n) is 3.11. The molecule has 0 saturated carbocycles. The zero-order valence-corrected chi connectivity index (χ0v) is 13.2. The Balaban J connectivity index is 1.66. The van der Waals surface area contributed by atoms with Gasteiger partial charge in [-0.05, 0) is 57.9 Å². The van der Waals surface area contributed by atoms with Gasteiger partial charge in [0.05, 0.1) is 0 Å². The molecule has 1 aliphatic rings. The van der Waals surface area contributed by atoms with Gasteiger partial charge in [0.2, 0.25) is 0 Å². The third-order valence-corrected chi connectivity index (χ3v) is 4.60. The van der Waals surface area contributed by atoms with Gasteiger partial charge in [-0.2, -0.15) is 0 Å². The highest BCUT2D eigenvalue weighted by Gasteiger charge is 2.21. The fourth-order valence-corrected chi connectivity index (χ4v) is 3.11. The van der Waals surface area contributed by atoms with Gasteiger partial charge < -0.3 is 9.80 Å². The standard InChI is InChI=1S/C18H30N2/c1-3-4-13-19(2)18-11-15-20(16-12-18)14-10-17-8-6-5-7-9-17/h5-9,18H,3-4,10-16H2,1-2H3. The maximum absolute atomic E-state index is 2.64. The molecule has 0 atom stereocenters. The first-order valence-electron chi connectivity index (χ1n) is 8.26. The lowest BCUT2D eigenvalue weighted by Crippen LogP contribution is -2.44. The van der Waals surface area contributed by atoms with E-state index in [1.165, 1.54) is 63.8 Å². The second-order valence-electron chi connectivity index (χ2n) is 6.14. The zero-order chi connectivity index (χ0) is 14.2. The minimum Gasteiger partial charge on any atom is -0.303 e. The van der Waals surface area contributed by atoms with Crippen molar-refractivity contribution in [2.24, 2.45) is 0 Å². The molecule has 0 unspecified atom stereocenters. The first-order chi connectivity index (χ1) is 9.79. The van der Waals surface area contributed by atoms with Gasteiger partial charge in [-0.25, -0.2) is 0 Å². The van der Waals surface area contributed by atoms with Crippen molar-refractivity contribution < 1.29 is 0 Å². The lowest BCUT2D eigenvalue weighted by molar-refractivity contribution is 0.127. The summed E-state index contributed by atoms with van der Waals surface area (Å²) in [5.74, 6) is 0. The number of unbranched alkanes of at least 4 members (excludes halogenated alkanes) is 1. The first kappa shape index (κ1) is 15.5. The average molecular weight is 274 g/mol. The van der Waals surface area contributed by atoms with Crippen LogP contribution in [-0.2, 0) is 6.42 Å². The van der Waals surface area contributed by atoms with Gasteiger partial charge in [0, 0.05) is 12.6 Å². The van der Waals surface area contributed by atoms with Crippen LogP contribution in [-0.4, -0.2) is 49.1 Å². The molecule has 0 spiro atoms. The van der Waals surface area contributed by atoms with E-state index in [9.17, 15) is 0 Å². The van der Waals surface area contributed by atoms with E-state index in [1.54, 1.807) is 0 Å². The van der Waals surface area contributed by atoms with Crippen LogP contribution in [0.25, 0.3) is 0 Å². The molecule has 20 heavy (non-hydrogen) atoms. The molecular weight excluding hydrogens is 244 g/mol. The summed E-state index contributed by atoms with van der Waals surface area (Å²) < 4.78 is 0. The predicted octanol–water partition coefficient (Wildman–Crippen LogP) is 3.43. The molecule has 0 amide bonds. The van der Waals surface area contributed by atoms with Gasteiger partial charge in [-0.15, -0.1) is 0 Å². The van der Waals surface area contributed by atoms with Crippen molar-refractivity contribution in [1.82, 2.24) is 9.80 Å². The molecule has 1 aromatic rings. The predicted molar refractivity (Wildman–Crippen MR) is 87.1 cm³/mol. The Bertz CT molecular complexity index is 355. The Morgan fingerprint density at radius 3 is 2.50 bits per heavy atom. The second kappa shape index (κ2) is 8.43. The van der Waals surface area contributed by atoms with Crippen LogP contribution in [0, 0.1) is 0 Å². The largest absolute Gasteiger partial charge is 0.303 e. The number of likely N-dealkylation sites (tertiary alicyclic amines) is 1. The van der Waals surface area contributed by atoms with Gasteiger partial charge in [-0.3, -0.25) is 0 Å². The molecule has 2 heteroatoms. The van der Waals surface area contributed by atoms with E-state index in [2.05, 4.69) is 54.1 Å². The summed E-state index contributed by atoms with van der Waals surface area (Å²) in [4.78, 5) is 5.22. The lowest BCUT2D eigenvalue weighted by atomic mass is 10.0. The molecule has 1 aliphatic heterocycles. The van der Waals surface area contributed by atoms with Gasteiger partial charge in [0.15, 0.2) is 0 Å². The molecule has 0 N–H and O–H groups in total. The van der Waals surface area contributed by atoms with Crippen molar-refractivity contribution >= 4 is 0 Å². The van der Waals surface area contributed by atoms with Crippen LogP contribution < -0.4 is 0 Å². The molecule has 1 heterocycles. The van der Waals surface area contributed by atoms with E-state index in [-0.39, 0.29) is 0 Å². The van der Waals surface area contributed by atoms with E-state index in [1.807, 2.05) is 0 Å². The van der Waals surface area contributed by atoms with E-state index in [0.29, 0.717) is 0 Å². The van der Waals surface area contributed by atoms with E-state index in [4.69, 9.17) is 0 Å². The summed E-state index contributed by atoms with van der Waals surface area (Å²) in [7, 11) is 2.31. The summed E-state index contributed by atoms with van der Waals surface area (Å²) >= 11 is 0. The molecule has 0 aromatic heterocycles. The molecule has 112 valence electrons. The van der Waals surface area contributed by atoms with Crippen LogP contribution in [0.2, 0.25) is 0 Å². The topological polar surface area (TPSA) is 6.48 Å². The third kappa shape index (κ3) is 4.92. The van der Waals surface area contributed by atoms with Gasteiger partial charge in [-0.1, -0.05) is 43.7 Å². The first-order valence-corrected chi connectivity index (χ1v) is 8.26. The number of benzene rings is 1. The van der Waals surface area contributed by atoms with Crippen LogP contribution in [0.1, 0.15) is 38.2 Å². The minimum atomic E-state index is 0.814. The van der Waals surface area contributed by atoms with Crippen LogP contribution >= 0.6 is 0 Å². The molecule has 0 bridgehead atoms. The number of hydrogen-bond acceptors (Lipinski definition) is 2. The van der Waals surface area contributed by atoms with Crippen molar-refractivity contribution in [2.75, 3.05) is 33.2 Å². The van der Waals surface area contributed by atoms with E-state index >= 15 is 0 Å². The maximum atomic E-state index is 2.64. The molecule has 0 aliphatic carbocycles. The van der Waals surface area contributed by atoms with Gasteiger partial charge in [0.1, 0.15) is 0 Å². The molecule has 2 rings (SSSR count). The minimum absolute atomic E-state index is 0.814.